The Hall–Kier alpha value is -0.990. The summed E-state index contributed by atoms with van der Waals surface area (Å²) >= 11 is 6.04. The molecule has 1 aromatic carbocycles. The highest BCUT2D eigenvalue weighted by atomic mass is 35.5. The molecule has 0 amide bonds. The SMILES string of the molecule is CC(C)C(C)NCCn1ccc2ccc(Cl)cc21. The van der Waals surface area contributed by atoms with Gasteiger partial charge in [-0.05, 0) is 36.4 Å². The Labute approximate surface area is 114 Å². The van der Waals surface area contributed by atoms with Crippen LogP contribution >= 0.6 is 11.6 Å². The number of benzene rings is 1. The Morgan fingerprint density at radius 1 is 1.22 bits per heavy atom. The number of aromatic nitrogens is 1. The molecule has 0 aliphatic heterocycles. The number of nitrogens with one attached hydrogen (secondary N) is 1. The molecule has 1 unspecified atom stereocenters. The summed E-state index contributed by atoms with van der Waals surface area (Å²) < 4.78 is 2.25. The maximum absolute atomic E-state index is 6.04. The van der Waals surface area contributed by atoms with Gasteiger partial charge in [0.1, 0.15) is 0 Å². The quantitative estimate of drug-likeness (QED) is 0.866. The molecular formula is C15H21ClN2. The molecule has 1 atom stereocenters. The van der Waals surface area contributed by atoms with Gasteiger partial charge >= 0.3 is 0 Å². The monoisotopic (exact) mass is 264 g/mol. The minimum Gasteiger partial charge on any atom is -0.346 e. The van der Waals surface area contributed by atoms with Crippen LogP contribution in [0.5, 0.6) is 0 Å². The Morgan fingerprint density at radius 3 is 2.72 bits per heavy atom. The lowest BCUT2D eigenvalue weighted by atomic mass is 10.1. The van der Waals surface area contributed by atoms with Gasteiger partial charge in [0.2, 0.25) is 0 Å². The van der Waals surface area contributed by atoms with E-state index >= 15 is 0 Å². The van der Waals surface area contributed by atoms with Gasteiger partial charge in [0.25, 0.3) is 0 Å². The molecule has 2 aromatic rings. The molecule has 98 valence electrons. The number of fused-ring (bicyclic) bond motifs is 1. The van der Waals surface area contributed by atoms with Crippen molar-refractivity contribution in [2.75, 3.05) is 6.54 Å². The Kier molecular flexibility index (Phi) is 4.31. The maximum atomic E-state index is 6.04. The van der Waals surface area contributed by atoms with E-state index in [0.717, 1.165) is 18.1 Å². The normalized spacial score (nSPS) is 13.4. The van der Waals surface area contributed by atoms with E-state index in [1.807, 2.05) is 12.1 Å². The second-order valence-corrected chi connectivity index (χ2v) is 5.64. The third-order valence-corrected chi connectivity index (χ3v) is 3.79. The fourth-order valence-corrected chi connectivity index (χ4v) is 2.17. The fraction of sp³-hybridized carbons (Fsp3) is 0.467. The summed E-state index contributed by atoms with van der Waals surface area (Å²) in [7, 11) is 0. The molecule has 1 aromatic heterocycles. The summed E-state index contributed by atoms with van der Waals surface area (Å²) in [6.45, 7) is 8.66. The van der Waals surface area contributed by atoms with Crippen molar-refractivity contribution in [2.24, 2.45) is 5.92 Å². The second-order valence-electron chi connectivity index (χ2n) is 5.20. The predicted octanol–water partition coefficient (Wildman–Crippen LogP) is 3.93. The molecule has 0 spiro atoms. The summed E-state index contributed by atoms with van der Waals surface area (Å²) in [5.41, 5.74) is 1.21. The van der Waals surface area contributed by atoms with Crippen LogP contribution in [0.25, 0.3) is 10.9 Å². The molecule has 0 bridgehead atoms. The molecule has 2 rings (SSSR count). The third kappa shape index (κ3) is 3.06. The van der Waals surface area contributed by atoms with E-state index in [9.17, 15) is 0 Å². The summed E-state index contributed by atoms with van der Waals surface area (Å²) in [6.07, 6.45) is 2.13. The zero-order valence-corrected chi connectivity index (χ0v) is 12.0. The zero-order valence-electron chi connectivity index (χ0n) is 11.3. The van der Waals surface area contributed by atoms with Crippen molar-refractivity contribution in [3.8, 4) is 0 Å². The van der Waals surface area contributed by atoms with Crippen molar-refractivity contribution < 1.29 is 0 Å². The van der Waals surface area contributed by atoms with Crippen LogP contribution in [-0.4, -0.2) is 17.2 Å². The van der Waals surface area contributed by atoms with E-state index in [-0.39, 0.29) is 0 Å². The van der Waals surface area contributed by atoms with Crippen LogP contribution < -0.4 is 5.32 Å². The summed E-state index contributed by atoms with van der Waals surface area (Å²) in [6, 6.07) is 8.72. The lowest BCUT2D eigenvalue weighted by Crippen LogP contribution is -2.33. The van der Waals surface area contributed by atoms with Gasteiger partial charge in [-0.25, -0.2) is 0 Å². The van der Waals surface area contributed by atoms with Gasteiger partial charge in [-0.3, -0.25) is 0 Å². The molecule has 0 fully saturated rings. The highest BCUT2D eigenvalue weighted by Crippen LogP contribution is 2.20. The molecule has 0 saturated carbocycles. The third-order valence-electron chi connectivity index (χ3n) is 3.55. The summed E-state index contributed by atoms with van der Waals surface area (Å²) in [5.74, 6) is 0.667. The van der Waals surface area contributed by atoms with E-state index in [1.54, 1.807) is 0 Å². The highest BCUT2D eigenvalue weighted by Gasteiger charge is 2.06. The molecule has 0 aliphatic rings. The molecule has 1 N–H and O–H groups in total. The summed E-state index contributed by atoms with van der Waals surface area (Å²) in [4.78, 5) is 0. The molecular weight excluding hydrogens is 244 g/mol. The van der Waals surface area contributed by atoms with Crippen LogP contribution in [0.1, 0.15) is 20.8 Å². The number of nitrogens with zero attached hydrogens (tertiary/aromatic N) is 1. The second kappa shape index (κ2) is 5.77. The fourth-order valence-electron chi connectivity index (χ4n) is 2.00. The summed E-state index contributed by atoms with van der Waals surface area (Å²) in [5, 5.41) is 5.59. The molecule has 3 heteroatoms. The van der Waals surface area contributed by atoms with E-state index < -0.39 is 0 Å². The van der Waals surface area contributed by atoms with E-state index in [2.05, 4.69) is 49.0 Å². The minimum absolute atomic E-state index is 0.551. The standard InChI is InChI=1S/C15H21ClN2/c1-11(2)12(3)17-7-9-18-8-6-13-4-5-14(16)10-15(13)18/h4-6,8,10-12,17H,7,9H2,1-3H3. The van der Waals surface area contributed by atoms with Crippen molar-refractivity contribution in [3.63, 3.8) is 0 Å². The predicted molar refractivity (Wildman–Crippen MR) is 79.3 cm³/mol. The zero-order chi connectivity index (χ0) is 13.1. The lowest BCUT2D eigenvalue weighted by Gasteiger charge is -2.17. The van der Waals surface area contributed by atoms with Crippen molar-refractivity contribution in [2.45, 2.75) is 33.4 Å². The van der Waals surface area contributed by atoms with Crippen LogP contribution in [-0.2, 0) is 6.54 Å². The van der Waals surface area contributed by atoms with E-state index in [1.165, 1.54) is 10.9 Å². The highest BCUT2D eigenvalue weighted by molar-refractivity contribution is 6.31. The molecule has 0 saturated heterocycles. The topological polar surface area (TPSA) is 17.0 Å². The van der Waals surface area contributed by atoms with Crippen LogP contribution in [0, 0.1) is 5.92 Å². The average molecular weight is 265 g/mol. The van der Waals surface area contributed by atoms with Crippen molar-refractivity contribution in [1.29, 1.82) is 0 Å². The van der Waals surface area contributed by atoms with Crippen molar-refractivity contribution in [3.05, 3.63) is 35.5 Å². The van der Waals surface area contributed by atoms with Crippen LogP contribution in [0.15, 0.2) is 30.5 Å². The first-order chi connectivity index (χ1) is 8.58. The van der Waals surface area contributed by atoms with Crippen molar-refractivity contribution in [1.82, 2.24) is 9.88 Å². The molecule has 2 nitrogen and oxygen atoms in total. The largest absolute Gasteiger partial charge is 0.346 e. The first-order valence-corrected chi connectivity index (χ1v) is 6.93. The van der Waals surface area contributed by atoms with E-state index in [0.29, 0.717) is 12.0 Å². The molecule has 0 aliphatic carbocycles. The Balaban J connectivity index is 2.01. The first kappa shape index (κ1) is 13.4. The number of halogens is 1. The number of hydrogen-bond donors (Lipinski definition) is 1. The van der Waals surface area contributed by atoms with Crippen molar-refractivity contribution >= 4 is 22.5 Å². The van der Waals surface area contributed by atoms with Crippen LogP contribution in [0.4, 0.5) is 0 Å². The average Bonchev–Trinajstić information content (AvgIpc) is 2.71. The van der Waals surface area contributed by atoms with Gasteiger partial charge in [0.15, 0.2) is 0 Å². The Morgan fingerprint density at radius 2 is 2.00 bits per heavy atom. The lowest BCUT2D eigenvalue weighted by molar-refractivity contribution is 0.418. The smallest absolute Gasteiger partial charge is 0.0495 e. The van der Waals surface area contributed by atoms with Crippen LogP contribution in [0.3, 0.4) is 0 Å². The Bertz CT molecular complexity index is 516. The number of rotatable bonds is 5. The molecule has 1 heterocycles. The first-order valence-electron chi connectivity index (χ1n) is 6.55. The number of hydrogen-bond acceptors (Lipinski definition) is 1. The van der Waals surface area contributed by atoms with Gasteiger partial charge in [-0.2, -0.15) is 0 Å². The van der Waals surface area contributed by atoms with Crippen LogP contribution in [0.2, 0.25) is 5.02 Å². The van der Waals surface area contributed by atoms with Gasteiger partial charge in [0.05, 0.1) is 0 Å². The van der Waals surface area contributed by atoms with Gasteiger partial charge in [-0.1, -0.05) is 31.5 Å². The van der Waals surface area contributed by atoms with E-state index in [4.69, 9.17) is 11.6 Å². The minimum atomic E-state index is 0.551. The van der Waals surface area contributed by atoms with Gasteiger partial charge in [0, 0.05) is 35.9 Å². The van der Waals surface area contributed by atoms with Gasteiger partial charge in [-0.15, -0.1) is 0 Å². The maximum Gasteiger partial charge on any atom is 0.0495 e. The molecule has 18 heavy (non-hydrogen) atoms. The molecule has 0 radical (unpaired) electrons. The van der Waals surface area contributed by atoms with Gasteiger partial charge < -0.3 is 9.88 Å².